The number of nitrogens with two attached hydrogens (primary N) is 1. The van der Waals surface area contributed by atoms with Crippen LogP contribution in [-0.2, 0) is 6.54 Å². The molecule has 1 aromatic heterocycles. The van der Waals surface area contributed by atoms with Crippen LogP contribution in [0.2, 0.25) is 5.02 Å². The number of ether oxygens (including phenoxy) is 1. The summed E-state index contributed by atoms with van der Waals surface area (Å²) in [6.07, 6.45) is 1.75. The zero-order valence-electron chi connectivity index (χ0n) is 9.48. The highest BCUT2D eigenvalue weighted by Gasteiger charge is 2.06. The van der Waals surface area contributed by atoms with Gasteiger partial charge in [-0.2, -0.15) is 0 Å². The maximum atomic E-state index is 5.96. The first-order valence-electron chi connectivity index (χ1n) is 5.23. The van der Waals surface area contributed by atoms with E-state index in [2.05, 4.69) is 4.98 Å². The molecule has 1 aromatic carbocycles. The highest BCUT2D eigenvalue weighted by Crippen LogP contribution is 2.25. The van der Waals surface area contributed by atoms with E-state index in [1.165, 1.54) is 0 Å². The molecule has 0 aliphatic rings. The van der Waals surface area contributed by atoms with Gasteiger partial charge in [-0.1, -0.05) is 23.7 Å². The van der Waals surface area contributed by atoms with E-state index in [0.717, 1.165) is 16.7 Å². The second-order valence-electron chi connectivity index (χ2n) is 3.61. The van der Waals surface area contributed by atoms with Crippen molar-refractivity contribution in [1.29, 1.82) is 0 Å². The first-order valence-corrected chi connectivity index (χ1v) is 5.61. The molecule has 88 valence electrons. The van der Waals surface area contributed by atoms with Crippen molar-refractivity contribution >= 4 is 11.6 Å². The molecule has 0 aliphatic carbocycles. The molecule has 2 N–H and O–H groups in total. The molecule has 0 bridgehead atoms. The molecule has 0 unspecified atom stereocenters. The molecule has 0 spiro atoms. The molecule has 1 heterocycles. The Bertz CT molecular complexity index is 529. The van der Waals surface area contributed by atoms with Gasteiger partial charge < -0.3 is 10.5 Å². The second-order valence-corrected chi connectivity index (χ2v) is 4.04. The smallest absolute Gasteiger partial charge is 0.217 e. The third-order valence-corrected chi connectivity index (χ3v) is 2.73. The summed E-state index contributed by atoms with van der Waals surface area (Å²) < 4.78 is 5.13. The van der Waals surface area contributed by atoms with E-state index < -0.39 is 0 Å². The Morgan fingerprint density at radius 2 is 2.12 bits per heavy atom. The van der Waals surface area contributed by atoms with Crippen molar-refractivity contribution in [2.75, 3.05) is 7.11 Å². The van der Waals surface area contributed by atoms with Crippen LogP contribution in [0.3, 0.4) is 0 Å². The van der Waals surface area contributed by atoms with Gasteiger partial charge in [0.1, 0.15) is 0 Å². The Hall–Kier alpha value is -1.58. The van der Waals surface area contributed by atoms with Gasteiger partial charge in [0.25, 0.3) is 0 Å². The van der Waals surface area contributed by atoms with E-state index in [1.807, 2.05) is 30.3 Å². The van der Waals surface area contributed by atoms with Gasteiger partial charge in [-0.05, 0) is 23.8 Å². The third kappa shape index (κ3) is 2.57. The molecule has 0 atom stereocenters. The summed E-state index contributed by atoms with van der Waals surface area (Å²) >= 11 is 5.96. The predicted molar refractivity (Wildman–Crippen MR) is 69.1 cm³/mol. The van der Waals surface area contributed by atoms with Crippen LogP contribution < -0.4 is 10.5 Å². The molecule has 0 saturated carbocycles. The lowest BCUT2D eigenvalue weighted by Crippen LogP contribution is -2.01. The molecule has 0 amide bonds. The highest BCUT2D eigenvalue weighted by atomic mass is 35.5. The Morgan fingerprint density at radius 3 is 2.76 bits per heavy atom. The second kappa shape index (κ2) is 5.17. The van der Waals surface area contributed by atoms with Crippen LogP contribution in [0.4, 0.5) is 0 Å². The number of benzene rings is 1. The van der Waals surface area contributed by atoms with Gasteiger partial charge in [0.05, 0.1) is 7.11 Å². The third-order valence-electron chi connectivity index (χ3n) is 2.50. The summed E-state index contributed by atoms with van der Waals surface area (Å²) in [7, 11) is 1.58. The van der Waals surface area contributed by atoms with E-state index in [0.29, 0.717) is 17.4 Å². The van der Waals surface area contributed by atoms with Crippen molar-refractivity contribution in [2.24, 2.45) is 5.73 Å². The van der Waals surface area contributed by atoms with E-state index in [9.17, 15) is 0 Å². The molecule has 17 heavy (non-hydrogen) atoms. The number of halogens is 1. The number of pyridine rings is 1. The van der Waals surface area contributed by atoms with E-state index in [-0.39, 0.29) is 0 Å². The SMILES string of the molecule is COc1ncc(-c2cccc(Cl)c2)cc1CN. The average Bonchev–Trinajstić information content (AvgIpc) is 2.38. The summed E-state index contributed by atoms with van der Waals surface area (Å²) in [4.78, 5) is 4.23. The summed E-state index contributed by atoms with van der Waals surface area (Å²) in [6.45, 7) is 0.393. The fourth-order valence-electron chi connectivity index (χ4n) is 1.65. The van der Waals surface area contributed by atoms with Crippen molar-refractivity contribution in [3.05, 3.63) is 47.1 Å². The summed E-state index contributed by atoms with van der Waals surface area (Å²) in [5.74, 6) is 0.568. The molecule has 3 nitrogen and oxygen atoms in total. The maximum Gasteiger partial charge on any atom is 0.217 e. The molecule has 0 saturated heterocycles. The van der Waals surface area contributed by atoms with Gasteiger partial charge in [-0.3, -0.25) is 0 Å². The normalized spacial score (nSPS) is 10.3. The van der Waals surface area contributed by atoms with Crippen LogP contribution in [0.25, 0.3) is 11.1 Å². The predicted octanol–water partition coefficient (Wildman–Crippen LogP) is 2.87. The standard InChI is InChI=1S/C13H13ClN2O/c1-17-13-10(7-15)5-11(8-16-13)9-3-2-4-12(14)6-9/h2-6,8H,7,15H2,1H3. The van der Waals surface area contributed by atoms with Crippen LogP contribution in [0.5, 0.6) is 5.88 Å². The zero-order chi connectivity index (χ0) is 12.3. The van der Waals surface area contributed by atoms with Gasteiger partial charge in [0.2, 0.25) is 5.88 Å². The number of rotatable bonds is 3. The maximum absolute atomic E-state index is 5.96. The van der Waals surface area contributed by atoms with Gasteiger partial charge in [0.15, 0.2) is 0 Å². The number of nitrogens with zero attached hydrogens (tertiary/aromatic N) is 1. The molecular weight excluding hydrogens is 236 g/mol. The van der Waals surface area contributed by atoms with Crippen LogP contribution in [-0.4, -0.2) is 12.1 Å². The lowest BCUT2D eigenvalue weighted by atomic mass is 10.1. The number of aromatic nitrogens is 1. The molecule has 0 fully saturated rings. The van der Waals surface area contributed by atoms with Gasteiger partial charge in [0, 0.05) is 28.9 Å². The highest BCUT2D eigenvalue weighted by molar-refractivity contribution is 6.30. The van der Waals surface area contributed by atoms with Crippen molar-refractivity contribution in [1.82, 2.24) is 4.98 Å². The van der Waals surface area contributed by atoms with Gasteiger partial charge in [-0.25, -0.2) is 4.98 Å². The Labute approximate surface area is 105 Å². The molecular formula is C13H13ClN2O. The lowest BCUT2D eigenvalue weighted by molar-refractivity contribution is 0.393. The zero-order valence-corrected chi connectivity index (χ0v) is 10.2. The Balaban J connectivity index is 2.46. The monoisotopic (exact) mass is 248 g/mol. The van der Waals surface area contributed by atoms with Gasteiger partial charge in [-0.15, -0.1) is 0 Å². The van der Waals surface area contributed by atoms with Gasteiger partial charge >= 0.3 is 0 Å². The number of hydrogen-bond acceptors (Lipinski definition) is 3. The van der Waals surface area contributed by atoms with E-state index >= 15 is 0 Å². The molecule has 0 aliphatic heterocycles. The number of hydrogen-bond donors (Lipinski definition) is 1. The van der Waals surface area contributed by atoms with Crippen LogP contribution in [0.15, 0.2) is 36.5 Å². The van der Waals surface area contributed by atoms with Crippen LogP contribution in [0.1, 0.15) is 5.56 Å². The van der Waals surface area contributed by atoms with Crippen LogP contribution >= 0.6 is 11.6 Å². The van der Waals surface area contributed by atoms with E-state index in [1.54, 1.807) is 13.3 Å². The lowest BCUT2D eigenvalue weighted by Gasteiger charge is -2.08. The van der Waals surface area contributed by atoms with Crippen LogP contribution in [0, 0.1) is 0 Å². The molecule has 2 rings (SSSR count). The van der Waals surface area contributed by atoms with Crippen molar-refractivity contribution in [2.45, 2.75) is 6.54 Å². The van der Waals surface area contributed by atoms with E-state index in [4.69, 9.17) is 22.1 Å². The summed E-state index contributed by atoms with van der Waals surface area (Å²) in [5, 5.41) is 0.701. The molecule has 2 aromatic rings. The fraction of sp³-hybridized carbons (Fsp3) is 0.154. The first kappa shape index (κ1) is 11.9. The number of methoxy groups -OCH3 is 1. The van der Waals surface area contributed by atoms with Crippen molar-refractivity contribution in [3.63, 3.8) is 0 Å². The fourth-order valence-corrected chi connectivity index (χ4v) is 1.84. The minimum Gasteiger partial charge on any atom is -0.481 e. The first-order chi connectivity index (χ1) is 8.24. The van der Waals surface area contributed by atoms with Crippen molar-refractivity contribution in [3.8, 4) is 17.0 Å². The summed E-state index contributed by atoms with van der Waals surface area (Å²) in [6, 6.07) is 9.59. The largest absolute Gasteiger partial charge is 0.481 e. The minimum atomic E-state index is 0.393. The Morgan fingerprint density at radius 1 is 1.29 bits per heavy atom. The summed E-state index contributed by atoms with van der Waals surface area (Å²) in [5.41, 5.74) is 8.53. The Kier molecular flexibility index (Phi) is 3.61. The minimum absolute atomic E-state index is 0.393. The topological polar surface area (TPSA) is 48.1 Å². The molecule has 4 heteroatoms. The average molecular weight is 249 g/mol. The quantitative estimate of drug-likeness (QED) is 0.909. The van der Waals surface area contributed by atoms with Crippen molar-refractivity contribution < 1.29 is 4.74 Å². The molecule has 0 radical (unpaired) electrons.